The number of hydrogen-bond donors (Lipinski definition) is 2. The standard InChI is InChI=1S/C22H25N5O3S/c1-17(2)26-31(29,30)21-10-7-18(8-11-21)9-12-22(28)24-13-19-3-5-20(6-4-19)14-27-16-23-15-25-27/h3-12,15-17,26H,13-14H2,1-2H3,(H,24,28)/b12-9+. The number of amides is 1. The van der Waals surface area contributed by atoms with Crippen LogP contribution in [-0.2, 0) is 27.9 Å². The summed E-state index contributed by atoms with van der Waals surface area (Å²) in [6.07, 6.45) is 6.23. The molecule has 162 valence electrons. The second-order valence-corrected chi connectivity index (χ2v) is 9.02. The number of carbonyl (C=O) groups is 1. The maximum absolute atomic E-state index is 12.1. The van der Waals surface area contributed by atoms with Crippen LogP contribution >= 0.6 is 0 Å². The number of rotatable bonds is 9. The van der Waals surface area contributed by atoms with E-state index in [-0.39, 0.29) is 16.8 Å². The highest BCUT2D eigenvalue weighted by molar-refractivity contribution is 7.89. The van der Waals surface area contributed by atoms with Gasteiger partial charge in [-0.25, -0.2) is 22.8 Å². The molecule has 1 heterocycles. The molecule has 2 aromatic carbocycles. The first-order chi connectivity index (χ1) is 14.8. The molecule has 0 saturated heterocycles. The normalized spacial score (nSPS) is 11.8. The summed E-state index contributed by atoms with van der Waals surface area (Å²) in [5.41, 5.74) is 2.81. The van der Waals surface area contributed by atoms with Crippen LogP contribution < -0.4 is 10.0 Å². The fraction of sp³-hybridized carbons (Fsp3) is 0.227. The summed E-state index contributed by atoms with van der Waals surface area (Å²) in [7, 11) is -3.53. The number of sulfonamides is 1. The first-order valence-corrected chi connectivity index (χ1v) is 11.3. The minimum atomic E-state index is -3.53. The second-order valence-electron chi connectivity index (χ2n) is 7.31. The van der Waals surface area contributed by atoms with Gasteiger partial charge in [0.15, 0.2) is 0 Å². The number of hydrogen-bond acceptors (Lipinski definition) is 5. The second kappa shape index (κ2) is 10.1. The highest BCUT2D eigenvalue weighted by Gasteiger charge is 2.14. The number of nitrogens with one attached hydrogen (secondary N) is 2. The van der Waals surface area contributed by atoms with Crippen molar-refractivity contribution < 1.29 is 13.2 Å². The zero-order valence-corrected chi connectivity index (χ0v) is 18.2. The van der Waals surface area contributed by atoms with Crippen molar-refractivity contribution in [3.8, 4) is 0 Å². The third-order valence-electron chi connectivity index (χ3n) is 4.31. The van der Waals surface area contributed by atoms with E-state index in [1.807, 2.05) is 24.3 Å². The summed E-state index contributed by atoms with van der Waals surface area (Å²) in [5.74, 6) is -0.232. The first-order valence-electron chi connectivity index (χ1n) is 9.80. The van der Waals surface area contributed by atoms with Crippen LogP contribution in [0.2, 0.25) is 0 Å². The van der Waals surface area contributed by atoms with Crippen molar-refractivity contribution in [3.05, 3.63) is 84.0 Å². The summed E-state index contributed by atoms with van der Waals surface area (Å²) in [6, 6.07) is 14.1. The smallest absolute Gasteiger partial charge is 0.244 e. The molecule has 0 aliphatic carbocycles. The SMILES string of the molecule is CC(C)NS(=O)(=O)c1ccc(/C=C/C(=O)NCc2ccc(Cn3cncn3)cc2)cc1. The Morgan fingerprint density at radius 2 is 1.74 bits per heavy atom. The highest BCUT2D eigenvalue weighted by atomic mass is 32.2. The van der Waals surface area contributed by atoms with E-state index >= 15 is 0 Å². The molecular formula is C22H25N5O3S. The number of benzene rings is 2. The van der Waals surface area contributed by atoms with Gasteiger partial charge < -0.3 is 5.32 Å². The fourth-order valence-electron chi connectivity index (χ4n) is 2.82. The van der Waals surface area contributed by atoms with E-state index in [0.717, 1.165) is 16.7 Å². The van der Waals surface area contributed by atoms with Gasteiger partial charge in [0.05, 0.1) is 11.4 Å². The Balaban J connectivity index is 1.50. The number of carbonyl (C=O) groups excluding carboxylic acids is 1. The van der Waals surface area contributed by atoms with Crippen LogP contribution in [0, 0.1) is 0 Å². The average molecular weight is 440 g/mol. The minimum Gasteiger partial charge on any atom is -0.348 e. The van der Waals surface area contributed by atoms with Gasteiger partial charge in [-0.05, 0) is 48.7 Å². The van der Waals surface area contributed by atoms with Gasteiger partial charge in [-0.1, -0.05) is 36.4 Å². The van der Waals surface area contributed by atoms with Crippen LogP contribution in [0.4, 0.5) is 0 Å². The molecule has 0 radical (unpaired) electrons. The van der Waals surface area contributed by atoms with Gasteiger partial charge >= 0.3 is 0 Å². The van der Waals surface area contributed by atoms with E-state index in [9.17, 15) is 13.2 Å². The molecule has 1 amide bonds. The van der Waals surface area contributed by atoms with Gasteiger partial charge in [-0.3, -0.25) is 4.79 Å². The van der Waals surface area contributed by atoms with Gasteiger partial charge in [0.2, 0.25) is 15.9 Å². The summed E-state index contributed by atoms with van der Waals surface area (Å²) in [6.45, 7) is 4.58. The van der Waals surface area contributed by atoms with Crippen molar-refractivity contribution in [1.29, 1.82) is 0 Å². The van der Waals surface area contributed by atoms with Gasteiger partial charge in [-0.15, -0.1) is 0 Å². The predicted molar refractivity (Wildman–Crippen MR) is 118 cm³/mol. The first kappa shape index (κ1) is 22.4. The molecule has 0 aliphatic rings. The topological polar surface area (TPSA) is 106 Å². The Kier molecular flexibility index (Phi) is 7.32. The van der Waals surface area contributed by atoms with Crippen LogP contribution in [0.15, 0.2) is 72.2 Å². The Hall–Kier alpha value is -3.30. The van der Waals surface area contributed by atoms with Gasteiger partial charge in [0, 0.05) is 18.7 Å². The summed E-state index contributed by atoms with van der Waals surface area (Å²) >= 11 is 0. The molecule has 31 heavy (non-hydrogen) atoms. The van der Waals surface area contributed by atoms with Crippen molar-refractivity contribution in [2.45, 2.75) is 37.9 Å². The maximum Gasteiger partial charge on any atom is 0.244 e. The average Bonchev–Trinajstić information content (AvgIpc) is 3.24. The third kappa shape index (κ3) is 6.87. The van der Waals surface area contributed by atoms with Crippen LogP contribution in [0.3, 0.4) is 0 Å². The zero-order chi connectivity index (χ0) is 22.3. The Morgan fingerprint density at radius 3 is 2.35 bits per heavy atom. The minimum absolute atomic E-state index is 0.182. The zero-order valence-electron chi connectivity index (χ0n) is 17.4. The molecule has 1 aromatic heterocycles. The molecule has 3 rings (SSSR count). The van der Waals surface area contributed by atoms with E-state index in [0.29, 0.717) is 13.1 Å². The lowest BCUT2D eigenvalue weighted by Crippen LogP contribution is -2.30. The van der Waals surface area contributed by atoms with Crippen LogP contribution in [0.5, 0.6) is 0 Å². The molecule has 2 N–H and O–H groups in total. The number of aromatic nitrogens is 3. The lowest BCUT2D eigenvalue weighted by molar-refractivity contribution is -0.116. The van der Waals surface area contributed by atoms with Gasteiger partial charge in [-0.2, -0.15) is 5.10 Å². The molecular weight excluding hydrogens is 414 g/mol. The monoisotopic (exact) mass is 439 g/mol. The summed E-state index contributed by atoms with van der Waals surface area (Å²) in [4.78, 5) is 16.2. The molecule has 9 heteroatoms. The van der Waals surface area contributed by atoms with Gasteiger partial charge in [0.1, 0.15) is 12.7 Å². The van der Waals surface area contributed by atoms with Gasteiger partial charge in [0.25, 0.3) is 0 Å². The van der Waals surface area contributed by atoms with Crippen molar-refractivity contribution in [1.82, 2.24) is 24.8 Å². The van der Waals surface area contributed by atoms with Crippen LogP contribution in [0.25, 0.3) is 6.08 Å². The third-order valence-corrected chi connectivity index (χ3v) is 5.98. The highest BCUT2D eigenvalue weighted by Crippen LogP contribution is 2.12. The van der Waals surface area contributed by atoms with E-state index in [4.69, 9.17) is 0 Å². The Bertz CT molecular complexity index is 1120. The van der Waals surface area contributed by atoms with E-state index in [1.165, 1.54) is 24.5 Å². The van der Waals surface area contributed by atoms with E-state index in [1.54, 1.807) is 43.1 Å². The molecule has 0 aliphatic heterocycles. The Labute approximate surface area is 182 Å². The van der Waals surface area contributed by atoms with Crippen LogP contribution in [-0.4, -0.2) is 35.1 Å². The van der Waals surface area contributed by atoms with Crippen LogP contribution in [0.1, 0.15) is 30.5 Å². The lowest BCUT2D eigenvalue weighted by Gasteiger charge is -2.09. The van der Waals surface area contributed by atoms with Crippen molar-refractivity contribution in [3.63, 3.8) is 0 Å². The number of nitrogens with zero attached hydrogens (tertiary/aromatic N) is 3. The lowest BCUT2D eigenvalue weighted by atomic mass is 10.1. The molecule has 3 aromatic rings. The summed E-state index contributed by atoms with van der Waals surface area (Å²) in [5, 5.41) is 6.91. The molecule has 0 bridgehead atoms. The van der Waals surface area contributed by atoms with Crippen molar-refractivity contribution in [2.75, 3.05) is 0 Å². The predicted octanol–water partition coefficient (Wildman–Crippen LogP) is 2.34. The largest absolute Gasteiger partial charge is 0.348 e. The van der Waals surface area contributed by atoms with Crippen molar-refractivity contribution in [2.24, 2.45) is 0 Å². The fourth-order valence-corrected chi connectivity index (χ4v) is 4.07. The molecule has 0 unspecified atom stereocenters. The summed E-state index contributed by atoms with van der Waals surface area (Å²) < 4.78 is 28.6. The van der Waals surface area contributed by atoms with E-state index < -0.39 is 10.0 Å². The quantitative estimate of drug-likeness (QED) is 0.498. The molecule has 0 atom stereocenters. The molecule has 0 fully saturated rings. The molecule has 0 saturated carbocycles. The van der Waals surface area contributed by atoms with E-state index in [2.05, 4.69) is 20.1 Å². The molecule has 0 spiro atoms. The van der Waals surface area contributed by atoms with Crippen molar-refractivity contribution >= 4 is 22.0 Å². The molecule has 8 nitrogen and oxygen atoms in total. The maximum atomic E-state index is 12.1. The Morgan fingerprint density at radius 1 is 1.06 bits per heavy atom.